The second-order valence-corrected chi connectivity index (χ2v) is 11.2. The van der Waals surface area contributed by atoms with Crippen LogP contribution in [0.4, 0.5) is 0 Å². The molecule has 0 amide bonds. The van der Waals surface area contributed by atoms with Gasteiger partial charge in [-0.1, -0.05) is 30.3 Å². The molecule has 194 valence electrons. The lowest BCUT2D eigenvalue weighted by molar-refractivity contribution is -0.137. The number of hydrogen-bond donors (Lipinski definition) is 3. The van der Waals surface area contributed by atoms with Crippen molar-refractivity contribution in [1.29, 1.82) is 0 Å². The smallest absolute Gasteiger partial charge is 0.303 e. The van der Waals surface area contributed by atoms with Crippen LogP contribution in [0.3, 0.4) is 0 Å². The lowest BCUT2D eigenvalue weighted by atomic mass is 10.0. The molecule has 0 atom stereocenters. The van der Waals surface area contributed by atoms with Crippen molar-refractivity contribution in [3.8, 4) is 0 Å². The van der Waals surface area contributed by atoms with Gasteiger partial charge in [-0.15, -0.1) is 0 Å². The lowest BCUT2D eigenvalue weighted by Crippen LogP contribution is -2.36. The average molecular weight is 524 g/mol. The first kappa shape index (κ1) is 25.2. The van der Waals surface area contributed by atoms with Crippen LogP contribution in [0.1, 0.15) is 36.8 Å². The molecule has 0 spiro atoms. The number of ether oxygens (including phenoxy) is 1. The zero-order valence-electron chi connectivity index (χ0n) is 20.3. The van der Waals surface area contributed by atoms with E-state index in [2.05, 4.69) is 9.97 Å². The van der Waals surface area contributed by atoms with E-state index < -0.39 is 16.0 Å². The summed E-state index contributed by atoms with van der Waals surface area (Å²) in [6.07, 6.45) is 4.20. The number of aliphatic carboxylic acids is 1. The van der Waals surface area contributed by atoms with E-state index in [1.807, 2.05) is 30.3 Å². The summed E-state index contributed by atoms with van der Waals surface area (Å²) in [5, 5.41) is 10.2. The summed E-state index contributed by atoms with van der Waals surface area (Å²) in [6.45, 7) is 0.948. The largest absolute Gasteiger partial charge is 0.481 e. The third kappa shape index (κ3) is 5.46. The summed E-state index contributed by atoms with van der Waals surface area (Å²) in [7, 11) is -3.80. The number of pyridine rings is 1. The van der Waals surface area contributed by atoms with Crippen molar-refractivity contribution in [3.05, 3.63) is 76.2 Å². The number of H-pyrrole nitrogens is 2. The van der Waals surface area contributed by atoms with E-state index in [0.29, 0.717) is 41.3 Å². The number of benzene rings is 2. The second-order valence-electron chi connectivity index (χ2n) is 9.36. The number of nitrogens with one attached hydrogen (secondary N) is 2. The maximum absolute atomic E-state index is 13.7. The molecular weight excluding hydrogens is 494 g/mol. The van der Waals surface area contributed by atoms with E-state index >= 15 is 0 Å². The predicted octanol–water partition coefficient (Wildman–Crippen LogP) is 3.79. The van der Waals surface area contributed by atoms with Gasteiger partial charge in [0.05, 0.1) is 18.1 Å². The monoisotopic (exact) mass is 523 g/mol. The Bertz CT molecular complexity index is 1590. The van der Waals surface area contributed by atoms with Crippen LogP contribution in [0.2, 0.25) is 0 Å². The fourth-order valence-electron chi connectivity index (χ4n) is 4.68. The highest BCUT2D eigenvalue weighted by Gasteiger charge is 2.38. The highest BCUT2D eigenvalue weighted by atomic mass is 32.2. The van der Waals surface area contributed by atoms with Crippen LogP contribution in [0.25, 0.3) is 21.8 Å². The Hall–Kier alpha value is -3.47. The molecule has 2 aromatic carbocycles. The number of carboxylic acid groups (broad SMARTS) is 1. The molecule has 2 aromatic heterocycles. The van der Waals surface area contributed by atoms with Gasteiger partial charge in [0.25, 0.3) is 5.56 Å². The second kappa shape index (κ2) is 10.5. The molecule has 0 saturated heterocycles. The van der Waals surface area contributed by atoms with Gasteiger partial charge in [0.1, 0.15) is 5.52 Å². The fourth-order valence-corrected chi connectivity index (χ4v) is 6.37. The Balaban J connectivity index is 1.42. The summed E-state index contributed by atoms with van der Waals surface area (Å²) >= 11 is 0. The molecule has 2 heterocycles. The molecule has 0 bridgehead atoms. The van der Waals surface area contributed by atoms with Crippen LogP contribution in [0, 0.1) is 0 Å². The summed E-state index contributed by atoms with van der Waals surface area (Å²) in [5.41, 5.74) is 2.38. The van der Waals surface area contributed by atoms with E-state index in [1.54, 1.807) is 18.3 Å². The van der Waals surface area contributed by atoms with E-state index in [0.717, 1.165) is 24.0 Å². The molecule has 1 fully saturated rings. The quantitative estimate of drug-likeness (QED) is 0.242. The highest BCUT2D eigenvalue weighted by molar-refractivity contribution is 7.89. The highest BCUT2D eigenvalue weighted by Crippen LogP contribution is 2.34. The van der Waals surface area contributed by atoms with Gasteiger partial charge in [0, 0.05) is 41.5 Å². The lowest BCUT2D eigenvalue weighted by Gasteiger charge is -2.22. The number of aromatic amines is 2. The molecule has 37 heavy (non-hydrogen) atoms. The van der Waals surface area contributed by atoms with Crippen molar-refractivity contribution in [2.24, 2.45) is 0 Å². The van der Waals surface area contributed by atoms with Crippen LogP contribution in [-0.2, 0) is 32.6 Å². The van der Waals surface area contributed by atoms with Crippen molar-refractivity contribution in [3.63, 3.8) is 0 Å². The number of carbonyl (C=O) groups is 1. The molecular formula is C27H29N3O6S. The number of nitrogens with zero attached hydrogens (tertiary/aromatic N) is 1. The minimum Gasteiger partial charge on any atom is -0.481 e. The molecule has 1 aliphatic carbocycles. The minimum atomic E-state index is -3.80. The molecule has 0 unspecified atom stereocenters. The van der Waals surface area contributed by atoms with Gasteiger partial charge in [0.2, 0.25) is 10.0 Å². The number of aryl methyl sites for hydroxylation is 1. The summed E-state index contributed by atoms with van der Waals surface area (Å²) < 4.78 is 34.7. The molecule has 0 aliphatic heterocycles. The van der Waals surface area contributed by atoms with E-state index in [1.165, 1.54) is 10.4 Å². The Kier molecular flexibility index (Phi) is 7.14. The van der Waals surface area contributed by atoms with Crippen molar-refractivity contribution < 1.29 is 23.1 Å². The Labute approximate surface area is 214 Å². The zero-order valence-corrected chi connectivity index (χ0v) is 21.1. The fraction of sp³-hybridized carbons (Fsp3) is 0.333. The standard InChI is InChI=1S/C27H29N3O6S/c31-24(32)8-4-7-19-16-28-26-25(19)22-15-21(11-12-23(22)29-27(26)33)37(34,35)30(20-9-10-20)13-14-36-17-18-5-2-1-3-6-18/h1-3,5-6,11-12,15-16,20,28H,4,7-10,13-14,17H2,(H,29,33)(H,31,32). The van der Waals surface area contributed by atoms with Gasteiger partial charge in [-0.25, -0.2) is 8.42 Å². The molecule has 5 rings (SSSR count). The average Bonchev–Trinajstić information content (AvgIpc) is 3.62. The van der Waals surface area contributed by atoms with Crippen LogP contribution >= 0.6 is 0 Å². The van der Waals surface area contributed by atoms with Crippen LogP contribution in [-0.4, -0.2) is 53.0 Å². The summed E-state index contributed by atoms with van der Waals surface area (Å²) in [5.74, 6) is -0.885. The zero-order chi connectivity index (χ0) is 26.0. The van der Waals surface area contributed by atoms with Crippen molar-refractivity contribution in [1.82, 2.24) is 14.3 Å². The number of hydrogen-bond acceptors (Lipinski definition) is 5. The first-order chi connectivity index (χ1) is 17.8. The molecule has 0 radical (unpaired) electrons. The third-order valence-corrected chi connectivity index (χ3v) is 8.61. The summed E-state index contributed by atoms with van der Waals surface area (Å²) in [4.78, 5) is 29.5. The predicted molar refractivity (Wildman–Crippen MR) is 140 cm³/mol. The van der Waals surface area contributed by atoms with Crippen LogP contribution < -0.4 is 5.56 Å². The normalized spacial score (nSPS) is 14.1. The minimum absolute atomic E-state index is 0.0100. The maximum atomic E-state index is 13.7. The topological polar surface area (TPSA) is 133 Å². The first-order valence-corrected chi connectivity index (χ1v) is 13.8. The van der Waals surface area contributed by atoms with Gasteiger partial charge in [-0.2, -0.15) is 4.31 Å². The molecule has 9 nitrogen and oxygen atoms in total. The SMILES string of the molecule is O=C(O)CCCc1c[nH]c2c(=O)[nH]c3ccc(S(=O)(=O)N(CCOCc4ccccc4)C4CC4)cc3c12. The number of sulfonamides is 1. The molecule has 1 saturated carbocycles. The van der Waals surface area contributed by atoms with E-state index in [9.17, 15) is 18.0 Å². The number of fused-ring (bicyclic) bond motifs is 3. The molecule has 3 N–H and O–H groups in total. The molecule has 1 aliphatic rings. The summed E-state index contributed by atoms with van der Waals surface area (Å²) in [6, 6.07) is 14.4. The van der Waals surface area contributed by atoms with Gasteiger partial charge in [-0.05, 0) is 55.0 Å². The van der Waals surface area contributed by atoms with Crippen molar-refractivity contribution >= 4 is 37.8 Å². The van der Waals surface area contributed by atoms with Crippen LogP contribution in [0.15, 0.2) is 64.4 Å². The Morgan fingerprint density at radius 3 is 2.65 bits per heavy atom. The third-order valence-electron chi connectivity index (χ3n) is 6.66. The van der Waals surface area contributed by atoms with Gasteiger partial charge in [-0.3, -0.25) is 9.59 Å². The molecule has 4 aromatic rings. The van der Waals surface area contributed by atoms with Crippen LogP contribution in [0.5, 0.6) is 0 Å². The van der Waals surface area contributed by atoms with Crippen molar-refractivity contribution in [2.75, 3.05) is 13.2 Å². The Morgan fingerprint density at radius 2 is 1.92 bits per heavy atom. The van der Waals surface area contributed by atoms with Crippen molar-refractivity contribution in [2.45, 2.75) is 49.6 Å². The first-order valence-electron chi connectivity index (χ1n) is 12.4. The Morgan fingerprint density at radius 1 is 1.14 bits per heavy atom. The van der Waals surface area contributed by atoms with E-state index in [-0.39, 0.29) is 36.1 Å². The van der Waals surface area contributed by atoms with Gasteiger partial charge >= 0.3 is 5.97 Å². The number of aromatic nitrogens is 2. The molecule has 10 heteroatoms. The number of rotatable bonds is 12. The van der Waals surface area contributed by atoms with E-state index in [4.69, 9.17) is 9.84 Å². The maximum Gasteiger partial charge on any atom is 0.303 e. The van der Waals surface area contributed by atoms with Gasteiger partial charge in [0.15, 0.2) is 0 Å². The van der Waals surface area contributed by atoms with Gasteiger partial charge < -0.3 is 19.8 Å². The number of carboxylic acids is 1.